The molecule has 2 N–H and O–H groups in total. The lowest BCUT2D eigenvalue weighted by atomic mass is 10.2. The summed E-state index contributed by atoms with van der Waals surface area (Å²) >= 11 is 1.74. The van der Waals surface area contributed by atoms with E-state index in [2.05, 4.69) is 41.2 Å². The molecule has 0 spiro atoms. The van der Waals surface area contributed by atoms with Gasteiger partial charge in [-0.2, -0.15) is 11.8 Å². The Hall–Kier alpha value is -1.83. The van der Waals surface area contributed by atoms with Crippen LogP contribution < -0.4 is 10.0 Å². The van der Waals surface area contributed by atoms with Gasteiger partial charge in [0.1, 0.15) is 0 Å². The molecule has 1 amide bonds. The smallest absolute Gasteiger partial charge is 0.251 e. The highest BCUT2D eigenvalue weighted by Crippen LogP contribution is 2.13. The summed E-state index contributed by atoms with van der Waals surface area (Å²) in [6.45, 7) is 4.60. The molecule has 0 aliphatic carbocycles. The van der Waals surface area contributed by atoms with Gasteiger partial charge in [0.05, 0.1) is 4.90 Å². The van der Waals surface area contributed by atoms with Crippen LogP contribution in [0.15, 0.2) is 53.4 Å². The van der Waals surface area contributed by atoms with E-state index < -0.39 is 10.0 Å². The first-order chi connectivity index (χ1) is 12.4. The average Bonchev–Trinajstić information content (AvgIpc) is 2.63. The molecule has 0 bridgehead atoms. The van der Waals surface area contributed by atoms with E-state index in [9.17, 15) is 13.2 Å². The summed E-state index contributed by atoms with van der Waals surface area (Å²) < 4.78 is 26.5. The van der Waals surface area contributed by atoms with Crippen molar-refractivity contribution in [2.45, 2.75) is 24.5 Å². The lowest BCUT2D eigenvalue weighted by Crippen LogP contribution is -2.27. The Morgan fingerprint density at radius 2 is 1.85 bits per heavy atom. The van der Waals surface area contributed by atoms with Crippen LogP contribution in [0, 0.1) is 6.92 Å². The number of benzene rings is 2. The number of amides is 1. The minimum absolute atomic E-state index is 0.0979. The fraction of sp³-hybridized carbons (Fsp3) is 0.316. The number of sulfonamides is 1. The standard InChI is InChI=1S/C19H24N2O3S2/c1-3-21-26(23,24)18-6-4-5-17(13-18)19(22)20-11-12-25-14-16-9-7-15(2)8-10-16/h4-10,13,21H,3,11-12,14H2,1-2H3,(H,20,22). The molecular formula is C19H24N2O3S2. The van der Waals surface area contributed by atoms with Gasteiger partial charge < -0.3 is 5.32 Å². The molecule has 0 radical (unpaired) electrons. The van der Waals surface area contributed by atoms with E-state index in [1.165, 1.54) is 23.3 Å². The van der Waals surface area contributed by atoms with Crippen LogP contribution in [0.2, 0.25) is 0 Å². The molecular weight excluding hydrogens is 368 g/mol. The molecule has 0 atom stereocenters. The van der Waals surface area contributed by atoms with Crippen molar-refractivity contribution in [1.29, 1.82) is 0 Å². The maximum absolute atomic E-state index is 12.2. The number of carbonyl (C=O) groups excluding carboxylic acids is 1. The van der Waals surface area contributed by atoms with E-state index in [1.54, 1.807) is 30.8 Å². The predicted molar refractivity (Wildman–Crippen MR) is 107 cm³/mol. The van der Waals surface area contributed by atoms with E-state index in [0.717, 1.165) is 11.5 Å². The Morgan fingerprint density at radius 3 is 2.54 bits per heavy atom. The largest absolute Gasteiger partial charge is 0.351 e. The molecule has 7 heteroatoms. The molecule has 26 heavy (non-hydrogen) atoms. The van der Waals surface area contributed by atoms with Crippen LogP contribution in [0.3, 0.4) is 0 Å². The molecule has 0 saturated heterocycles. The zero-order chi connectivity index (χ0) is 19.0. The van der Waals surface area contributed by atoms with Gasteiger partial charge in [-0.3, -0.25) is 4.79 Å². The molecule has 2 aromatic carbocycles. The van der Waals surface area contributed by atoms with E-state index in [1.807, 2.05) is 0 Å². The van der Waals surface area contributed by atoms with Crippen LogP contribution in [0.5, 0.6) is 0 Å². The topological polar surface area (TPSA) is 75.3 Å². The van der Waals surface area contributed by atoms with Gasteiger partial charge in [-0.05, 0) is 30.7 Å². The molecule has 0 aliphatic heterocycles. The number of hydrogen-bond acceptors (Lipinski definition) is 4. The minimum atomic E-state index is -3.56. The monoisotopic (exact) mass is 392 g/mol. The number of carbonyl (C=O) groups is 1. The second-order valence-electron chi connectivity index (χ2n) is 5.82. The van der Waals surface area contributed by atoms with Crippen molar-refractivity contribution >= 4 is 27.7 Å². The molecule has 0 saturated carbocycles. The molecule has 0 fully saturated rings. The Morgan fingerprint density at radius 1 is 1.12 bits per heavy atom. The van der Waals surface area contributed by atoms with Gasteiger partial charge in [0.15, 0.2) is 0 Å². The number of nitrogens with one attached hydrogen (secondary N) is 2. The van der Waals surface area contributed by atoms with Crippen LogP contribution in [0.4, 0.5) is 0 Å². The summed E-state index contributed by atoms with van der Waals surface area (Å²) in [5.41, 5.74) is 2.84. The zero-order valence-electron chi connectivity index (χ0n) is 15.0. The molecule has 0 heterocycles. The molecule has 0 unspecified atom stereocenters. The Bertz CT molecular complexity index is 834. The summed E-state index contributed by atoms with van der Waals surface area (Å²) in [7, 11) is -3.56. The van der Waals surface area contributed by atoms with Crippen LogP contribution in [0.1, 0.15) is 28.4 Å². The number of aryl methyl sites for hydroxylation is 1. The second-order valence-corrected chi connectivity index (χ2v) is 8.70. The average molecular weight is 393 g/mol. The van der Waals surface area contributed by atoms with E-state index >= 15 is 0 Å². The Balaban J connectivity index is 1.81. The maximum Gasteiger partial charge on any atom is 0.251 e. The van der Waals surface area contributed by atoms with Crippen molar-refractivity contribution in [2.24, 2.45) is 0 Å². The molecule has 140 valence electrons. The normalized spacial score (nSPS) is 11.3. The minimum Gasteiger partial charge on any atom is -0.351 e. The van der Waals surface area contributed by atoms with Crippen molar-refractivity contribution in [2.75, 3.05) is 18.8 Å². The van der Waals surface area contributed by atoms with Gasteiger partial charge in [-0.15, -0.1) is 0 Å². The predicted octanol–water partition coefficient (Wildman–Crippen LogP) is 2.96. The highest BCUT2D eigenvalue weighted by atomic mass is 32.2. The number of rotatable bonds is 9. The molecule has 5 nitrogen and oxygen atoms in total. The number of thioether (sulfide) groups is 1. The van der Waals surface area contributed by atoms with Gasteiger partial charge in [0.2, 0.25) is 10.0 Å². The first kappa shape index (κ1) is 20.5. The third kappa shape index (κ3) is 6.16. The lowest BCUT2D eigenvalue weighted by Gasteiger charge is -2.08. The van der Waals surface area contributed by atoms with Crippen LogP contribution >= 0.6 is 11.8 Å². The third-order valence-corrected chi connectivity index (χ3v) is 6.24. The van der Waals surface area contributed by atoms with Crippen molar-refractivity contribution in [1.82, 2.24) is 10.0 Å². The Kier molecular flexibility index (Phi) is 7.68. The van der Waals surface area contributed by atoms with E-state index in [4.69, 9.17) is 0 Å². The lowest BCUT2D eigenvalue weighted by molar-refractivity contribution is 0.0956. The summed E-state index contributed by atoms with van der Waals surface area (Å²) in [5, 5.41) is 2.83. The third-order valence-electron chi connectivity index (χ3n) is 3.66. The summed E-state index contributed by atoms with van der Waals surface area (Å²) in [6.07, 6.45) is 0. The van der Waals surface area contributed by atoms with Gasteiger partial charge in [-0.25, -0.2) is 13.1 Å². The van der Waals surface area contributed by atoms with Crippen molar-refractivity contribution in [3.8, 4) is 0 Å². The number of hydrogen-bond donors (Lipinski definition) is 2. The maximum atomic E-state index is 12.2. The zero-order valence-corrected chi connectivity index (χ0v) is 16.6. The molecule has 0 aliphatic rings. The van der Waals surface area contributed by atoms with E-state index in [-0.39, 0.29) is 10.8 Å². The fourth-order valence-electron chi connectivity index (χ4n) is 2.29. The quantitative estimate of drug-likeness (QED) is 0.644. The second kappa shape index (κ2) is 9.75. The van der Waals surface area contributed by atoms with Gasteiger partial charge >= 0.3 is 0 Å². The van der Waals surface area contributed by atoms with Gasteiger partial charge in [0, 0.05) is 30.2 Å². The highest BCUT2D eigenvalue weighted by molar-refractivity contribution is 7.98. The first-order valence-electron chi connectivity index (χ1n) is 8.43. The van der Waals surface area contributed by atoms with Crippen molar-refractivity contribution in [3.63, 3.8) is 0 Å². The van der Waals surface area contributed by atoms with Crippen molar-refractivity contribution < 1.29 is 13.2 Å². The van der Waals surface area contributed by atoms with Gasteiger partial charge in [0.25, 0.3) is 5.91 Å². The van der Waals surface area contributed by atoms with Gasteiger partial charge in [-0.1, -0.05) is 42.8 Å². The van der Waals surface area contributed by atoms with Crippen LogP contribution in [-0.2, 0) is 15.8 Å². The van der Waals surface area contributed by atoms with Crippen molar-refractivity contribution in [3.05, 3.63) is 65.2 Å². The van der Waals surface area contributed by atoms with Crippen LogP contribution in [0.25, 0.3) is 0 Å². The highest BCUT2D eigenvalue weighted by Gasteiger charge is 2.14. The first-order valence-corrected chi connectivity index (χ1v) is 11.1. The molecule has 2 aromatic rings. The fourth-order valence-corrected chi connectivity index (χ4v) is 4.20. The SMILES string of the molecule is CCNS(=O)(=O)c1cccc(C(=O)NCCSCc2ccc(C)cc2)c1. The van der Waals surface area contributed by atoms with E-state index in [0.29, 0.717) is 18.7 Å². The summed E-state index contributed by atoms with van der Waals surface area (Å²) in [5.74, 6) is 1.41. The molecule has 0 aromatic heterocycles. The summed E-state index contributed by atoms with van der Waals surface area (Å²) in [6, 6.07) is 14.5. The summed E-state index contributed by atoms with van der Waals surface area (Å²) in [4.78, 5) is 12.3. The van der Waals surface area contributed by atoms with Crippen LogP contribution in [-0.4, -0.2) is 33.2 Å². The Labute approximate surface area is 159 Å². The molecule has 2 rings (SSSR count).